The molecule has 0 aliphatic carbocycles. The summed E-state index contributed by atoms with van der Waals surface area (Å²) < 4.78 is 5.59. The first-order valence-electron chi connectivity index (χ1n) is 6.54. The molecular formula is C13H26O3. The fraction of sp³-hybridized carbons (Fsp3) is 0.923. The maximum absolute atomic E-state index is 10.7. The Morgan fingerprint density at radius 3 is 2.38 bits per heavy atom. The number of aliphatic carboxylic acids is 1. The average molecular weight is 230 g/mol. The molecule has 0 aromatic rings. The van der Waals surface area contributed by atoms with Crippen LogP contribution in [-0.4, -0.2) is 23.8 Å². The molecule has 0 bridgehead atoms. The summed E-state index contributed by atoms with van der Waals surface area (Å²) in [6.07, 6.45) is 7.77. The van der Waals surface area contributed by atoms with Gasteiger partial charge in [-0.1, -0.05) is 46.0 Å². The number of carbonyl (C=O) groups is 1. The van der Waals surface area contributed by atoms with Gasteiger partial charge in [0.15, 0.2) is 0 Å². The van der Waals surface area contributed by atoms with Crippen molar-refractivity contribution in [3.8, 4) is 0 Å². The van der Waals surface area contributed by atoms with Crippen molar-refractivity contribution in [2.24, 2.45) is 0 Å². The molecular weight excluding hydrogens is 204 g/mol. The summed E-state index contributed by atoms with van der Waals surface area (Å²) >= 11 is 0. The highest BCUT2D eigenvalue weighted by molar-refractivity contribution is 5.67. The van der Waals surface area contributed by atoms with Gasteiger partial charge in [0.2, 0.25) is 0 Å². The summed E-state index contributed by atoms with van der Waals surface area (Å²) in [6, 6.07) is 0. The summed E-state index contributed by atoms with van der Waals surface area (Å²) in [7, 11) is 0. The molecule has 0 rings (SSSR count). The standard InChI is InChI=1S/C13H26O3/c1-3-5-7-8-9-12(11-13(14)15)16-10-6-4-2/h12H,3-11H2,1-2H3,(H,14,15). The Morgan fingerprint density at radius 2 is 1.81 bits per heavy atom. The molecule has 16 heavy (non-hydrogen) atoms. The minimum atomic E-state index is -0.753. The Balaban J connectivity index is 3.67. The molecule has 0 heterocycles. The van der Waals surface area contributed by atoms with Crippen molar-refractivity contribution in [2.45, 2.75) is 71.3 Å². The number of unbranched alkanes of at least 4 members (excludes halogenated alkanes) is 4. The van der Waals surface area contributed by atoms with Gasteiger partial charge in [-0.2, -0.15) is 0 Å². The molecule has 1 unspecified atom stereocenters. The molecule has 0 saturated carbocycles. The van der Waals surface area contributed by atoms with E-state index in [4.69, 9.17) is 9.84 Å². The summed E-state index contributed by atoms with van der Waals surface area (Å²) in [4.78, 5) is 10.7. The molecule has 0 aromatic carbocycles. The fourth-order valence-corrected chi connectivity index (χ4v) is 1.63. The van der Waals surface area contributed by atoms with Crippen molar-refractivity contribution in [1.29, 1.82) is 0 Å². The molecule has 0 amide bonds. The average Bonchev–Trinajstić information content (AvgIpc) is 2.23. The van der Waals surface area contributed by atoms with Gasteiger partial charge < -0.3 is 9.84 Å². The van der Waals surface area contributed by atoms with Crippen molar-refractivity contribution in [1.82, 2.24) is 0 Å². The van der Waals surface area contributed by atoms with E-state index in [2.05, 4.69) is 13.8 Å². The number of carboxylic acid groups (broad SMARTS) is 1. The van der Waals surface area contributed by atoms with E-state index in [1.54, 1.807) is 0 Å². The molecule has 0 aliphatic rings. The fourth-order valence-electron chi connectivity index (χ4n) is 1.63. The van der Waals surface area contributed by atoms with Gasteiger partial charge in [0.1, 0.15) is 0 Å². The largest absolute Gasteiger partial charge is 0.481 e. The second kappa shape index (κ2) is 10.9. The number of ether oxygens (including phenoxy) is 1. The minimum Gasteiger partial charge on any atom is -0.481 e. The van der Waals surface area contributed by atoms with E-state index < -0.39 is 5.97 Å². The number of carboxylic acids is 1. The van der Waals surface area contributed by atoms with Crippen molar-refractivity contribution >= 4 is 5.97 Å². The third kappa shape index (κ3) is 9.97. The summed E-state index contributed by atoms with van der Waals surface area (Å²) in [5.74, 6) is -0.753. The quantitative estimate of drug-likeness (QED) is 0.551. The highest BCUT2D eigenvalue weighted by Crippen LogP contribution is 2.12. The van der Waals surface area contributed by atoms with Crippen molar-refractivity contribution < 1.29 is 14.6 Å². The highest BCUT2D eigenvalue weighted by atomic mass is 16.5. The Bertz CT molecular complexity index is 169. The Kier molecular flexibility index (Phi) is 10.5. The van der Waals surface area contributed by atoms with Gasteiger partial charge in [0.05, 0.1) is 12.5 Å². The molecule has 0 spiro atoms. The molecule has 0 fully saturated rings. The van der Waals surface area contributed by atoms with Crippen LogP contribution in [0.5, 0.6) is 0 Å². The van der Waals surface area contributed by atoms with E-state index in [0.717, 1.165) is 25.7 Å². The predicted molar refractivity (Wildman–Crippen MR) is 65.7 cm³/mol. The molecule has 0 aliphatic heterocycles. The third-order valence-corrected chi connectivity index (χ3v) is 2.63. The van der Waals surface area contributed by atoms with Crippen LogP contribution in [0.2, 0.25) is 0 Å². The topological polar surface area (TPSA) is 46.5 Å². The Labute approximate surface area is 99.2 Å². The van der Waals surface area contributed by atoms with Gasteiger partial charge >= 0.3 is 5.97 Å². The zero-order chi connectivity index (χ0) is 12.2. The normalized spacial score (nSPS) is 12.6. The monoisotopic (exact) mass is 230 g/mol. The van der Waals surface area contributed by atoms with Crippen LogP contribution in [0.25, 0.3) is 0 Å². The molecule has 0 radical (unpaired) electrons. The maximum atomic E-state index is 10.7. The lowest BCUT2D eigenvalue weighted by Gasteiger charge is -2.15. The van der Waals surface area contributed by atoms with Crippen molar-refractivity contribution in [3.63, 3.8) is 0 Å². The molecule has 3 heteroatoms. The smallest absolute Gasteiger partial charge is 0.305 e. The second-order valence-electron chi connectivity index (χ2n) is 4.29. The number of hydrogen-bond donors (Lipinski definition) is 1. The third-order valence-electron chi connectivity index (χ3n) is 2.63. The van der Waals surface area contributed by atoms with Crippen LogP contribution >= 0.6 is 0 Å². The molecule has 96 valence electrons. The van der Waals surface area contributed by atoms with Gasteiger partial charge in [0, 0.05) is 6.61 Å². The molecule has 1 atom stereocenters. The first-order valence-corrected chi connectivity index (χ1v) is 6.54. The zero-order valence-electron chi connectivity index (χ0n) is 10.7. The lowest BCUT2D eigenvalue weighted by Crippen LogP contribution is -2.18. The summed E-state index contributed by atoms with van der Waals surface area (Å²) in [5, 5.41) is 8.76. The van der Waals surface area contributed by atoms with Crippen LogP contribution in [0.15, 0.2) is 0 Å². The summed E-state index contributed by atoms with van der Waals surface area (Å²) in [5.41, 5.74) is 0. The highest BCUT2D eigenvalue weighted by Gasteiger charge is 2.12. The molecule has 3 nitrogen and oxygen atoms in total. The van der Waals surface area contributed by atoms with E-state index in [9.17, 15) is 4.79 Å². The van der Waals surface area contributed by atoms with E-state index in [-0.39, 0.29) is 12.5 Å². The zero-order valence-corrected chi connectivity index (χ0v) is 10.7. The van der Waals surface area contributed by atoms with Crippen LogP contribution in [0, 0.1) is 0 Å². The van der Waals surface area contributed by atoms with Gasteiger partial charge in [-0.3, -0.25) is 4.79 Å². The second-order valence-corrected chi connectivity index (χ2v) is 4.29. The first kappa shape index (κ1) is 15.4. The van der Waals surface area contributed by atoms with Crippen molar-refractivity contribution in [3.05, 3.63) is 0 Å². The van der Waals surface area contributed by atoms with Crippen LogP contribution in [0.1, 0.15) is 65.2 Å². The lowest BCUT2D eigenvalue weighted by molar-refractivity contribution is -0.140. The maximum Gasteiger partial charge on any atom is 0.305 e. The first-order chi connectivity index (χ1) is 7.70. The predicted octanol–water partition coefficient (Wildman–Crippen LogP) is 3.62. The summed E-state index contributed by atoms with van der Waals surface area (Å²) in [6.45, 7) is 4.98. The van der Waals surface area contributed by atoms with E-state index in [0.29, 0.717) is 6.61 Å². The van der Waals surface area contributed by atoms with E-state index in [1.165, 1.54) is 19.3 Å². The van der Waals surface area contributed by atoms with Gasteiger partial charge in [0.25, 0.3) is 0 Å². The van der Waals surface area contributed by atoms with Gasteiger partial charge in [-0.15, -0.1) is 0 Å². The van der Waals surface area contributed by atoms with Gasteiger partial charge in [-0.25, -0.2) is 0 Å². The van der Waals surface area contributed by atoms with E-state index in [1.807, 2.05) is 0 Å². The molecule has 1 N–H and O–H groups in total. The lowest BCUT2D eigenvalue weighted by atomic mass is 10.1. The Morgan fingerprint density at radius 1 is 1.12 bits per heavy atom. The minimum absolute atomic E-state index is 0.0825. The van der Waals surface area contributed by atoms with Crippen molar-refractivity contribution in [2.75, 3.05) is 6.61 Å². The SMILES string of the molecule is CCCCCCC(CC(=O)O)OCCCC. The van der Waals surface area contributed by atoms with Crippen LogP contribution in [0.3, 0.4) is 0 Å². The van der Waals surface area contributed by atoms with Crippen LogP contribution in [-0.2, 0) is 9.53 Å². The molecule has 0 aromatic heterocycles. The molecule has 0 saturated heterocycles. The van der Waals surface area contributed by atoms with Gasteiger partial charge in [-0.05, 0) is 12.8 Å². The van der Waals surface area contributed by atoms with E-state index >= 15 is 0 Å². The van der Waals surface area contributed by atoms with Crippen LogP contribution < -0.4 is 0 Å². The number of rotatable bonds is 11. The Hall–Kier alpha value is -0.570. The number of hydrogen-bond acceptors (Lipinski definition) is 2. The van der Waals surface area contributed by atoms with Crippen LogP contribution in [0.4, 0.5) is 0 Å².